The predicted octanol–water partition coefficient (Wildman–Crippen LogP) is 1.40. The number of amides is 1. The lowest BCUT2D eigenvalue weighted by Crippen LogP contribution is -2.31. The Bertz CT molecular complexity index is 784. The largest absolute Gasteiger partial charge is 0.454 e. The molecule has 1 N–H and O–H groups in total. The smallest absolute Gasteiger partial charge is 0.274 e. The van der Waals surface area contributed by atoms with Crippen LogP contribution in [0.5, 0.6) is 11.5 Å². The zero-order valence-corrected chi connectivity index (χ0v) is 13.8. The van der Waals surface area contributed by atoms with E-state index in [-0.39, 0.29) is 5.91 Å². The van der Waals surface area contributed by atoms with E-state index in [1.807, 2.05) is 12.1 Å². The van der Waals surface area contributed by atoms with Crippen molar-refractivity contribution in [3.63, 3.8) is 0 Å². The van der Waals surface area contributed by atoms with Crippen LogP contribution in [0.1, 0.15) is 27.3 Å². The van der Waals surface area contributed by atoms with Crippen LogP contribution in [0.3, 0.4) is 0 Å². The molecule has 1 aromatic carbocycles. The Morgan fingerprint density at radius 3 is 3.00 bits per heavy atom. The van der Waals surface area contributed by atoms with Crippen LogP contribution >= 0.6 is 0 Å². The zero-order valence-electron chi connectivity index (χ0n) is 13.8. The molecule has 0 bridgehead atoms. The van der Waals surface area contributed by atoms with Gasteiger partial charge < -0.3 is 14.4 Å². The van der Waals surface area contributed by atoms with Crippen molar-refractivity contribution in [3.8, 4) is 11.5 Å². The number of benzene rings is 1. The van der Waals surface area contributed by atoms with Gasteiger partial charge in [-0.1, -0.05) is 6.07 Å². The van der Waals surface area contributed by atoms with E-state index in [1.54, 1.807) is 19.0 Å². The van der Waals surface area contributed by atoms with Crippen molar-refractivity contribution >= 4 is 5.91 Å². The van der Waals surface area contributed by atoms with Crippen LogP contribution in [0.25, 0.3) is 0 Å². The summed E-state index contributed by atoms with van der Waals surface area (Å²) in [6, 6.07) is 6.06. The summed E-state index contributed by atoms with van der Waals surface area (Å²) in [5.41, 5.74) is 3.83. The van der Waals surface area contributed by atoms with Crippen molar-refractivity contribution in [1.29, 1.82) is 0 Å². The van der Waals surface area contributed by atoms with Gasteiger partial charge in [0, 0.05) is 39.3 Å². The average molecular weight is 328 g/mol. The minimum Gasteiger partial charge on any atom is -0.454 e. The van der Waals surface area contributed by atoms with Crippen molar-refractivity contribution < 1.29 is 14.3 Å². The molecule has 7 heteroatoms. The van der Waals surface area contributed by atoms with Gasteiger partial charge in [-0.3, -0.25) is 14.8 Å². The van der Waals surface area contributed by atoms with E-state index in [2.05, 4.69) is 21.2 Å². The summed E-state index contributed by atoms with van der Waals surface area (Å²) in [6.45, 7) is 2.78. The number of aromatic amines is 1. The highest BCUT2D eigenvalue weighted by Gasteiger charge is 2.26. The first-order valence-electron chi connectivity index (χ1n) is 8.00. The molecule has 0 fully saturated rings. The molecule has 0 radical (unpaired) electrons. The number of hydrogen-bond donors (Lipinski definition) is 1. The van der Waals surface area contributed by atoms with E-state index in [0.29, 0.717) is 12.5 Å². The summed E-state index contributed by atoms with van der Waals surface area (Å²) in [4.78, 5) is 16.1. The maximum Gasteiger partial charge on any atom is 0.274 e. The van der Waals surface area contributed by atoms with E-state index in [4.69, 9.17) is 9.47 Å². The second-order valence-corrected chi connectivity index (χ2v) is 6.38. The second kappa shape index (κ2) is 5.83. The van der Waals surface area contributed by atoms with Gasteiger partial charge in [0.25, 0.3) is 5.91 Å². The molecule has 4 rings (SSSR count). The van der Waals surface area contributed by atoms with Gasteiger partial charge >= 0.3 is 0 Å². The normalized spacial score (nSPS) is 16.1. The van der Waals surface area contributed by atoms with Crippen LogP contribution in [0, 0.1) is 0 Å². The molecule has 24 heavy (non-hydrogen) atoms. The quantitative estimate of drug-likeness (QED) is 0.922. The summed E-state index contributed by atoms with van der Waals surface area (Å²) >= 11 is 0. The standard InChI is InChI=1S/C17H20N4O3/c1-20(2)17(22)16-12-5-6-21(9-13(12)18-19-16)8-11-3-4-14-15(7-11)24-10-23-14/h3-4,7H,5-6,8-10H2,1-2H3,(H,18,19). The molecule has 1 aromatic heterocycles. The number of rotatable bonds is 3. The number of hydrogen-bond acceptors (Lipinski definition) is 5. The monoisotopic (exact) mass is 328 g/mol. The molecule has 2 aliphatic rings. The number of carbonyl (C=O) groups is 1. The first-order chi connectivity index (χ1) is 11.6. The topological polar surface area (TPSA) is 70.7 Å². The fourth-order valence-electron chi connectivity index (χ4n) is 3.20. The van der Waals surface area contributed by atoms with Gasteiger partial charge in [-0.2, -0.15) is 5.10 Å². The Morgan fingerprint density at radius 2 is 2.17 bits per heavy atom. The number of ether oxygens (including phenoxy) is 2. The van der Waals surface area contributed by atoms with Crippen molar-refractivity contribution in [2.45, 2.75) is 19.5 Å². The molecule has 126 valence electrons. The molecule has 0 unspecified atom stereocenters. The van der Waals surface area contributed by atoms with Gasteiger partial charge in [-0.25, -0.2) is 0 Å². The average Bonchev–Trinajstić information content (AvgIpc) is 3.19. The lowest BCUT2D eigenvalue weighted by molar-refractivity contribution is 0.0820. The summed E-state index contributed by atoms with van der Waals surface area (Å²) in [7, 11) is 3.50. The maximum absolute atomic E-state index is 12.2. The number of fused-ring (bicyclic) bond motifs is 2. The van der Waals surface area contributed by atoms with E-state index in [9.17, 15) is 4.79 Å². The summed E-state index contributed by atoms with van der Waals surface area (Å²) in [5.74, 6) is 1.57. The van der Waals surface area contributed by atoms with Crippen LogP contribution in [-0.2, 0) is 19.5 Å². The Hall–Kier alpha value is -2.54. The molecule has 2 aromatic rings. The number of nitrogens with zero attached hydrogens (tertiary/aromatic N) is 3. The maximum atomic E-state index is 12.2. The van der Waals surface area contributed by atoms with E-state index in [1.165, 1.54) is 5.56 Å². The van der Waals surface area contributed by atoms with E-state index in [0.717, 1.165) is 48.8 Å². The Balaban J connectivity index is 1.48. The second-order valence-electron chi connectivity index (χ2n) is 6.38. The third-order valence-corrected chi connectivity index (χ3v) is 4.46. The third-order valence-electron chi connectivity index (χ3n) is 4.46. The molecule has 0 spiro atoms. The molecule has 0 atom stereocenters. The van der Waals surface area contributed by atoms with Gasteiger partial charge in [0.1, 0.15) is 0 Å². The van der Waals surface area contributed by atoms with Gasteiger partial charge in [-0.05, 0) is 24.1 Å². The number of nitrogens with one attached hydrogen (secondary N) is 1. The van der Waals surface area contributed by atoms with Crippen LogP contribution < -0.4 is 9.47 Å². The lowest BCUT2D eigenvalue weighted by atomic mass is 10.0. The molecule has 7 nitrogen and oxygen atoms in total. The van der Waals surface area contributed by atoms with Crippen molar-refractivity contribution in [2.24, 2.45) is 0 Å². The highest BCUT2D eigenvalue weighted by molar-refractivity contribution is 5.93. The molecular formula is C17H20N4O3. The molecule has 0 saturated carbocycles. The number of aromatic nitrogens is 2. The number of carbonyl (C=O) groups excluding carboxylic acids is 1. The minimum atomic E-state index is -0.0447. The Labute approximate surface area is 140 Å². The lowest BCUT2D eigenvalue weighted by Gasteiger charge is -2.26. The van der Waals surface area contributed by atoms with Gasteiger partial charge in [0.15, 0.2) is 17.2 Å². The molecular weight excluding hydrogens is 308 g/mol. The summed E-state index contributed by atoms with van der Waals surface area (Å²) in [5, 5.41) is 7.26. The zero-order chi connectivity index (χ0) is 16.7. The number of H-pyrrole nitrogens is 1. The summed E-state index contributed by atoms with van der Waals surface area (Å²) in [6.07, 6.45) is 0.825. The molecule has 3 heterocycles. The van der Waals surface area contributed by atoms with Crippen LogP contribution in [-0.4, -0.2) is 53.3 Å². The highest BCUT2D eigenvalue weighted by atomic mass is 16.7. The van der Waals surface area contributed by atoms with E-state index >= 15 is 0 Å². The SMILES string of the molecule is CN(C)C(=O)c1n[nH]c2c1CCN(Cc1ccc3c(c1)OCO3)C2. The fourth-order valence-corrected chi connectivity index (χ4v) is 3.20. The van der Waals surface area contributed by atoms with Crippen molar-refractivity contribution in [2.75, 3.05) is 27.4 Å². The van der Waals surface area contributed by atoms with Crippen LogP contribution in [0.15, 0.2) is 18.2 Å². The highest BCUT2D eigenvalue weighted by Crippen LogP contribution is 2.33. The van der Waals surface area contributed by atoms with Crippen molar-refractivity contribution in [1.82, 2.24) is 20.0 Å². The van der Waals surface area contributed by atoms with Gasteiger partial charge in [-0.15, -0.1) is 0 Å². The first kappa shape index (κ1) is 15.0. The summed E-state index contributed by atoms with van der Waals surface area (Å²) < 4.78 is 10.8. The third kappa shape index (κ3) is 2.60. The molecule has 0 aliphatic carbocycles. The van der Waals surface area contributed by atoms with Crippen molar-refractivity contribution in [3.05, 3.63) is 40.7 Å². The Kier molecular flexibility index (Phi) is 3.65. The van der Waals surface area contributed by atoms with E-state index < -0.39 is 0 Å². The Morgan fingerprint density at radius 1 is 1.33 bits per heavy atom. The minimum absolute atomic E-state index is 0.0447. The molecule has 1 amide bonds. The van der Waals surface area contributed by atoms with Crippen LogP contribution in [0.2, 0.25) is 0 Å². The fraction of sp³-hybridized carbons (Fsp3) is 0.412. The first-order valence-corrected chi connectivity index (χ1v) is 8.00. The van der Waals surface area contributed by atoms with Crippen LogP contribution in [0.4, 0.5) is 0 Å². The predicted molar refractivity (Wildman–Crippen MR) is 87.0 cm³/mol. The van der Waals surface area contributed by atoms with Gasteiger partial charge in [0.2, 0.25) is 6.79 Å². The molecule has 0 saturated heterocycles. The molecule has 2 aliphatic heterocycles. The van der Waals surface area contributed by atoms with Gasteiger partial charge in [0.05, 0.1) is 5.69 Å².